The van der Waals surface area contributed by atoms with Crippen molar-refractivity contribution < 1.29 is 68.7 Å². The van der Waals surface area contributed by atoms with Gasteiger partial charge in [-0.05, 0) is 52.7 Å². The van der Waals surface area contributed by atoms with Gasteiger partial charge in [0.25, 0.3) is 0 Å². The highest BCUT2D eigenvalue weighted by Gasteiger charge is 2.69. The van der Waals surface area contributed by atoms with Gasteiger partial charge in [-0.15, -0.1) is 0 Å². The minimum absolute atomic E-state index is 0.0670. The van der Waals surface area contributed by atoms with Crippen molar-refractivity contribution in [3.05, 3.63) is 52.1 Å². The number of rotatable bonds is 5. The molecule has 0 radical (unpaired) electrons. The fraction of sp³-hybridized carbons (Fsp3) is 0.649. The van der Waals surface area contributed by atoms with E-state index in [1.807, 2.05) is 0 Å². The fourth-order valence-electron chi connectivity index (χ4n) is 8.60. The first kappa shape index (κ1) is 36.5. The first-order chi connectivity index (χ1) is 24.0. The van der Waals surface area contributed by atoms with Gasteiger partial charge in [-0.3, -0.25) is 14.4 Å². The molecule has 6 N–H and O–H groups in total. The first-order valence-electron chi connectivity index (χ1n) is 17.7. The van der Waals surface area contributed by atoms with E-state index in [9.17, 15) is 45.0 Å². The number of aliphatic hydroxyl groups excluding tert-OH is 3. The number of carbonyl (C=O) groups is 3. The number of aromatic hydroxyl groups is 1. The minimum Gasteiger partial charge on any atom is -0.507 e. The largest absolute Gasteiger partial charge is 0.507 e. The molecule has 51 heavy (non-hydrogen) atoms. The van der Waals surface area contributed by atoms with Gasteiger partial charge in [0.15, 0.2) is 35.5 Å². The molecular formula is C37H46O14. The molecule has 13 atom stereocenters. The van der Waals surface area contributed by atoms with Crippen molar-refractivity contribution in [3.8, 4) is 5.75 Å². The third-order valence-corrected chi connectivity index (χ3v) is 11.4. The van der Waals surface area contributed by atoms with Crippen LogP contribution in [0.4, 0.5) is 0 Å². The Balaban J connectivity index is 1.24. The van der Waals surface area contributed by atoms with Gasteiger partial charge in [-0.25, -0.2) is 0 Å². The summed E-state index contributed by atoms with van der Waals surface area (Å²) < 4.78 is 30.2. The van der Waals surface area contributed by atoms with Crippen LogP contribution in [0.15, 0.2) is 35.4 Å². The van der Waals surface area contributed by atoms with E-state index in [0.717, 1.165) is 0 Å². The predicted molar refractivity (Wildman–Crippen MR) is 175 cm³/mol. The molecule has 0 amide bonds. The number of phenols is 1. The van der Waals surface area contributed by atoms with Gasteiger partial charge in [0.1, 0.15) is 17.5 Å². The van der Waals surface area contributed by atoms with Crippen LogP contribution < -0.4 is 0 Å². The van der Waals surface area contributed by atoms with Gasteiger partial charge < -0.3 is 54.3 Å². The second kappa shape index (κ2) is 12.9. The molecule has 13 unspecified atom stereocenters. The average molecular weight is 715 g/mol. The maximum atomic E-state index is 14.6. The maximum Gasteiger partial charge on any atom is 0.198 e. The fourth-order valence-corrected chi connectivity index (χ4v) is 8.60. The van der Waals surface area contributed by atoms with Crippen LogP contribution in [0, 0.1) is 0 Å². The van der Waals surface area contributed by atoms with Gasteiger partial charge in [0.05, 0.1) is 59.5 Å². The van der Waals surface area contributed by atoms with E-state index < -0.39 is 120 Å². The normalized spacial score (nSPS) is 44.2. The summed E-state index contributed by atoms with van der Waals surface area (Å²) in [5.74, 6) is -2.97. The SMILES string of the molecule is CC1OC(OC2CC(c3ccc4c(c3O)C(=O)C3=C(C4=O)C4(OC5CCC(O)C(C)O5)C(=O)CC(C)(O)CC4(O)C=C3)OC(C)C2O)CCC1O. The zero-order valence-electron chi connectivity index (χ0n) is 29.0. The zero-order chi connectivity index (χ0) is 36.8. The Hall–Kier alpha value is -2.89. The van der Waals surface area contributed by atoms with E-state index in [1.165, 1.54) is 31.2 Å². The summed E-state index contributed by atoms with van der Waals surface area (Å²) in [6, 6.07) is 2.78. The number of benzene rings is 1. The summed E-state index contributed by atoms with van der Waals surface area (Å²) in [5, 5.41) is 66.0. The summed E-state index contributed by atoms with van der Waals surface area (Å²) in [6.07, 6.45) is -5.05. The molecule has 0 bridgehead atoms. The van der Waals surface area contributed by atoms with Crippen LogP contribution in [0.5, 0.6) is 5.75 Å². The molecule has 1 saturated carbocycles. The van der Waals surface area contributed by atoms with Crippen LogP contribution in [0.3, 0.4) is 0 Å². The lowest BCUT2D eigenvalue weighted by molar-refractivity contribution is -0.282. The smallest absolute Gasteiger partial charge is 0.198 e. The van der Waals surface area contributed by atoms with Crippen LogP contribution in [0.2, 0.25) is 0 Å². The van der Waals surface area contributed by atoms with Gasteiger partial charge in [0.2, 0.25) is 0 Å². The van der Waals surface area contributed by atoms with Crippen LogP contribution in [-0.4, -0.2) is 120 Å². The van der Waals surface area contributed by atoms with Crippen LogP contribution in [0.1, 0.15) is 105 Å². The Labute approximate surface area is 294 Å². The number of Topliss-reactive ketones (excluding diaryl/α,β-unsaturated/α-hetero) is 3. The lowest BCUT2D eigenvalue weighted by Crippen LogP contribution is -2.71. The molecule has 278 valence electrons. The second-order valence-corrected chi connectivity index (χ2v) is 15.3. The van der Waals surface area contributed by atoms with Crippen molar-refractivity contribution in [2.24, 2.45) is 0 Å². The Morgan fingerprint density at radius 3 is 2.16 bits per heavy atom. The molecule has 14 heteroatoms. The molecule has 3 aliphatic heterocycles. The van der Waals surface area contributed by atoms with Crippen molar-refractivity contribution >= 4 is 17.3 Å². The highest BCUT2D eigenvalue weighted by molar-refractivity contribution is 6.32. The zero-order valence-corrected chi connectivity index (χ0v) is 29.0. The lowest BCUT2D eigenvalue weighted by Gasteiger charge is -2.55. The van der Waals surface area contributed by atoms with Crippen LogP contribution in [0.25, 0.3) is 0 Å². The third-order valence-electron chi connectivity index (χ3n) is 11.4. The van der Waals surface area contributed by atoms with Crippen LogP contribution in [-0.2, 0) is 28.5 Å². The summed E-state index contributed by atoms with van der Waals surface area (Å²) in [6.45, 7) is 6.39. The number of allylic oxidation sites excluding steroid dienone is 2. The van der Waals surface area contributed by atoms with E-state index in [0.29, 0.717) is 12.8 Å². The van der Waals surface area contributed by atoms with Crippen molar-refractivity contribution in [2.75, 3.05) is 0 Å². The summed E-state index contributed by atoms with van der Waals surface area (Å²) in [7, 11) is 0. The van der Waals surface area contributed by atoms with Gasteiger partial charge >= 0.3 is 0 Å². The molecule has 0 aromatic heterocycles. The Bertz CT molecular complexity index is 1680. The van der Waals surface area contributed by atoms with E-state index in [-0.39, 0.29) is 41.5 Å². The number of ether oxygens (including phenoxy) is 5. The number of phenolic OH excluding ortho intramolecular Hbond substituents is 1. The molecular weight excluding hydrogens is 668 g/mol. The second-order valence-electron chi connectivity index (χ2n) is 15.3. The molecule has 14 nitrogen and oxygen atoms in total. The van der Waals surface area contributed by atoms with Crippen LogP contribution >= 0.6 is 0 Å². The van der Waals surface area contributed by atoms with Gasteiger partial charge in [-0.2, -0.15) is 0 Å². The van der Waals surface area contributed by atoms with E-state index >= 15 is 0 Å². The monoisotopic (exact) mass is 714 g/mol. The Kier molecular flexibility index (Phi) is 9.23. The quantitative estimate of drug-likeness (QED) is 0.255. The molecule has 7 rings (SSSR count). The summed E-state index contributed by atoms with van der Waals surface area (Å²) in [4.78, 5) is 43.1. The highest BCUT2D eigenvalue weighted by Crippen LogP contribution is 2.54. The predicted octanol–water partition coefficient (Wildman–Crippen LogP) is 1.61. The molecule has 4 fully saturated rings. The lowest BCUT2D eigenvalue weighted by atomic mass is 9.57. The van der Waals surface area contributed by atoms with Gasteiger partial charge in [0, 0.05) is 48.8 Å². The van der Waals surface area contributed by atoms with E-state index in [1.54, 1.807) is 20.8 Å². The molecule has 0 spiro atoms. The summed E-state index contributed by atoms with van der Waals surface area (Å²) in [5.41, 5.74) is -7.41. The molecule has 3 heterocycles. The van der Waals surface area contributed by atoms with Crippen molar-refractivity contribution in [1.29, 1.82) is 0 Å². The number of hydrogen-bond donors (Lipinski definition) is 6. The third kappa shape index (κ3) is 5.93. The summed E-state index contributed by atoms with van der Waals surface area (Å²) >= 11 is 0. The number of hydrogen-bond acceptors (Lipinski definition) is 14. The number of fused-ring (bicyclic) bond motifs is 3. The number of aliphatic hydroxyl groups is 5. The van der Waals surface area contributed by atoms with E-state index in [2.05, 4.69) is 0 Å². The van der Waals surface area contributed by atoms with Crippen molar-refractivity contribution in [3.63, 3.8) is 0 Å². The van der Waals surface area contributed by atoms with E-state index in [4.69, 9.17) is 23.7 Å². The molecule has 1 aromatic rings. The maximum absolute atomic E-state index is 14.6. The van der Waals surface area contributed by atoms with Crippen molar-refractivity contribution in [2.45, 2.75) is 151 Å². The highest BCUT2D eigenvalue weighted by atomic mass is 16.7. The molecule has 6 aliphatic rings. The van der Waals surface area contributed by atoms with Gasteiger partial charge in [-0.1, -0.05) is 12.1 Å². The Morgan fingerprint density at radius 1 is 0.843 bits per heavy atom. The number of ketones is 3. The average Bonchev–Trinajstić information content (AvgIpc) is 3.05. The molecule has 3 aliphatic carbocycles. The minimum atomic E-state index is -2.44. The molecule has 1 aromatic carbocycles. The Morgan fingerprint density at radius 2 is 1.49 bits per heavy atom. The first-order valence-corrected chi connectivity index (χ1v) is 17.7. The number of carbonyl (C=O) groups excluding carboxylic acids is 3. The van der Waals surface area contributed by atoms with Crippen molar-refractivity contribution in [1.82, 2.24) is 0 Å². The topological polar surface area (TPSA) is 219 Å². The standard InChI is InChI=1S/C37H46O14/c1-16-22(38)7-9-27(48-16)50-25-13-24(47-18(3)31(25)41)19-5-6-20-29(32(19)42)33(43)21-11-12-36(46)15-35(4,45)14-26(40)37(36,30(21)34(20)44)51-28-10-8-23(39)17(2)49-28/h5-6,11-12,16-18,22-25,27-28,31,38-39,41-42,45-46H,7-10,13-15H2,1-4H3. The molecule has 3 saturated heterocycles.